The first-order valence-corrected chi connectivity index (χ1v) is 11.4. The number of hydrogen-bond acceptors (Lipinski definition) is 6. The first kappa shape index (κ1) is 21.9. The van der Waals surface area contributed by atoms with Crippen molar-refractivity contribution in [3.8, 4) is 0 Å². The molecular weight excluding hydrogens is 424 g/mol. The van der Waals surface area contributed by atoms with Gasteiger partial charge in [-0.1, -0.05) is 24.3 Å². The summed E-state index contributed by atoms with van der Waals surface area (Å²) in [5, 5.41) is 9.74. The van der Waals surface area contributed by atoms with Crippen molar-refractivity contribution in [2.45, 2.75) is 0 Å². The van der Waals surface area contributed by atoms with Gasteiger partial charge in [-0.25, -0.2) is 10.1 Å². The molecule has 156 valence electrons. The van der Waals surface area contributed by atoms with Gasteiger partial charge in [0.2, 0.25) is 17.7 Å². The molecule has 0 aromatic heterocycles. The smallest absolute Gasteiger partial charge is 0.324 e. The molecule has 2 aromatic carbocycles. The highest BCUT2D eigenvalue weighted by Crippen LogP contribution is 2.22. The maximum absolute atomic E-state index is 12.3. The van der Waals surface area contributed by atoms with Crippen LogP contribution in [0.15, 0.2) is 48.5 Å². The van der Waals surface area contributed by atoms with Gasteiger partial charge < -0.3 is 16.0 Å². The van der Waals surface area contributed by atoms with Crippen LogP contribution in [0.25, 0.3) is 0 Å². The number of anilines is 3. The van der Waals surface area contributed by atoms with E-state index in [4.69, 9.17) is 0 Å². The molecule has 1 aliphatic heterocycles. The van der Waals surface area contributed by atoms with Crippen LogP contribution in [0, 0.1) is 0 Å². The van der Waals surface area contributed by atoms with Gasteiger partial charge in [0.05, 0.1) is 28.6 Å². The Morgan fingerprint density at radius 2 is 1.03 bits per heavy atom. The summed E-state index contributed by atoms with van der Waals surface area (Å²) in [6, 6.07) is 13.9. The van der Waals surface area contributed by atoms with Crippen molar-refractivity contribution in [1.82, 2.24) is 0 Å². The average Bonchev–Trinajstić information content (AvgIpc) is 2.70. The van der Waals surface area contributed by atoms with E-state index in [0.717, 1.165) is 0 Å². The van der Waals surface area contributed by atoms with Gasteiger partial charge in [0.15, 0.2) is 5.69 Å². The fourth-order valence-corrected chi connectivity index (χ4v) is 3.95. The summed E-state index contributed by atoms with van der Waals surface area (Å²) in [5.74, 6) is -0.564. The van der Waals surface area contributed by atoms with Gasteiger partial charge in [-0.05, 0) is 18.2 Å². The first-order valence-electron chi connectivity index (χ1n) is 9.12. The SMILES string of the molecule is O=C1CSCC(=O)Nc2ccccc2[NH2+]C(=O)CSCC(=O)Nc2ccccc2N1. The van der Waals surface area contributed by atoms with Crippen LogP contribution in [0.2, 0.25) is 0 Å². The van der Waals surface area contributed by atoms with Gasteiger partial charge in [-0.3, -0.25) is 14.4 Å². The van der Waals surface area contributed by atoms with Gasteiger partial charge >= 0.3 is 5.91 Å². The molecule has 0 unspecified atom stereocenters. The molecule has 30 heavy (non-hydrogen) atoms. The Morgan fingerprint density at radius 3 is 1.60 bits per heavy atom. The lowest BCUT2D eigenvalue weighted by Crippen LogP contribution is -2.83. The van der Waals surface area contributed by atoms with Gasteiger partial charge in [0, 0.05) is 6.07 Å². The van der Waals surface area contributed by atoms with E-state index in [0.29, 0.717) is 22.7 Å². The molecule has 5 N–H and O–H groups in total. The topological polar surface area (TPSA) is 121 Å². The van der Waals surface area contributed by atoms with Crippen LogP contribution >= 0.6 is 23.5 Å². The molecule has 0 saturated heterocycles. The fraction of sp³-hybridized carbons (Fsp3) is 0.200. The number of para-hydroxylation sites is 4. The molecule has 0 radical (unpaired) electrons. The molecule has 8 nitrogen and oxygen atoms in total. The largest absolute Gasteiger partial charge is 0.325 e. The molecule has 10 heteroatoms. The van der Waals surface area contributed by atoms with E-state index in [1.54, 1.807) is 48.5 Å². The number of nitrogens with one attached hydrogen (secondary N) is 3. The molecular formula is C20H21N4O4S2+. The number of quaternary nitrogens is 1. The molecule has 1 aliphatic rings. The van der Waals surface area contributed by atoms with E-state index in [1.165, 1.54) is 28.8 Å². The second-order valence-electron chi connectivity index (χ2n) is 6.37. The molecule has 0 saturated carbocycles. The van der Waals surface area contributed by atoms with Crippen molar-refractivity contribution >= 4 is 69.9 Å². The third kappa shape index (κ3) is 6.61. The Balaban J connectivity index is 1.75. The molecule has 4 amide bonds. The van der Waals surface area contributed by atoms with Gasteiger partial charge in [0.25, 0.3) is 0 Å². The number of primary amides is 1. The standard InChI is InChI=1S/C20H20N4O4S2/c25-17-9-29-11-19(27)23-15-7-3-4-8-16(15)24-20(28)12-30-10-18(26)22-14-6-2-1-5-13(14)21-17/h1-8H,9-12H2,(H,21,25)(H,22,26)(H,23,27)(H,24,28)/p+1. The summed E-state index contributed by atoms with van der Waals surface area (Å²) in [5.41, 5.74) is 2.08. The lowest BCUT2D eigenvalue weighted by atomic mass is 10.2. The second kappa shape index (κ2) is 10.8. The molecule has 2 aromatic rings. The van der Waals surface area contributed by atoms with E-state index in [1.807, 2.05) is 0 Å². The Labute approximate surface area is 181 Å². The third-order valence-corrected chi connectivity index (χ3v) is 5.86. The summed E-state index contributed by atoms with van der Waals surface area (Å²) in [6.07, 6.45) is 0. The molecule has 3 rings (SSSR count). The Bertz CT molecular complexity index is 816. The molecule has 0 spiro atoms. The number of hydrogen-bond donors (Lipinski definition) is 4. The average molecular weight is 446 g/mol. The van der Waals surface area contributed by atoms with E-state index < -0.39 is 0 Å². The number of amides is 4. The fourth-order valence-electron chi connectivity index (χ4n) is 2.69. The number of nitrogens with two attached hydrogens (primary N) is 1. The number of benzene rings is 2. The quantitative estimate of drug-likeness (QED) is 0.455. The zero-order valence-electron chi connectivity index (χ0n) is 16.0. The summed E-state index contributed by atoms with van der Waals surface area (Å²) >= 11 is 2.36. The van der Waals surface area contributed by atoms with Crippen molar-refractivity contribution in [1.29, 1.82) is 0 Å². The Morgan fingerprint density at radius 1 is 0.600 bits per heavy atom. The summed E-state index contributed by atoms with van der Waals surface area (Å²) in [4.78, 5) is 49.0. The molecule has 0 atom stereocenters. The van der Waals surface area contributed by atoms with E-state index in [9.17, 15) is 19.2 Å². The van der Waals surface area contributed by atoms with Crippen LogP contribution in [0.5, 0.6) is 0 Å². The molecule has 0 fully saturated rings. The van der Waals surface area contributed by atoms with Crippen LogP contribution in [0.1, 0.15) is 0 Å². The van der Waals surface area contributed by atoms with Crippen LogP contribution < -0.4 is 21.3 Å². The van der Waals surface area contributed by atoms with Gasteiger partial charge in [0.1, 0.15) is 11.4 Å². The lowest BCUT2D eigenvalue weighted by Gasteiger charge is -2.13. The number of rotatable bonds is 0. The predicted molar refractivity (Wildman–Crippen MR) is 120 cm³/mol. The van der Waals surface area contributed by atoms with Crippen molar-refractivity contribution in [2.24, 2.45) is 0 Å². The zero-order valence-corrected chi connectivity index (χ0v) is 17.6. The highest BCUT2D eigenvalue weighted by molar-refractivity contribution is 8.00. The number of carbonyl (C=O) groups excluding carboxylic acids is 4. The molecule has 0 bridgehead atoms. The Kier molecular flexibility index (Phi) is 7.89. The minimum Gasteiger partial charge on any atom is -0.324 e. The first-order chi connectivity index (χ1) is 14.5. The highest BCUT2D eigenvalue weighted by Gasteiger charge is 2.16. The van der Waals surface area contributed by atoms with Gasteiger partial charge in [-0.15, -0.1) is 23.5 Å². The minimum absolute atomic E-state index is 0.0812. The number of carbonyl (C=O) groups is 4. The summed E-state index contributed by atoms with van der Waals surface area (Å²) < 4.78 is 0. The monoisotopic (exact) mass is 445 g/mol. The number of thioether (sulfide) groups is 2. The maximum atomic E-state index is 12.3. The maximum Gasteiger partial charge on any atom is 0.325 e. The van der Waals surface area contributed by atoms with Crippen LogP contribution in [-0.4, -0.2) is 46.6 Å². The van der Waals surface area contributed by atoms with Crippen LogP contribution in [0.4, 0.5) is 22.7 Å². The highest BCUT2D eigenvalue weighted by atomic mass is 32.2. The van der Waals surface area contributed by atoms with Crippen molar-refractivity contribution in [3.63, 3.8) is 0 Å². The van der Waals surface area contributed by atoms with Crippen molar-refractivity contribution in [2.75, 3.05) is 39.0 Å². The van der Waals surface area contributed by atoms with Crippen molar-refractivity contribution < 1.29 is 24.5 Å². The zero-order chi connectivity index (χ0) is 21.3. The van der Waals surface area contributed by atoms with Crippen LogP contribution in [-0.2, 0) is 19.2 Å². The second-order valence-corrected chi connectivity index (χ2v) is 8.34. The molecule has 0 aliphatic carbocycles. The molecule has 1 heterocycles. The summed E-state index contributed by atoms with van der Waals surface area (Å²) in [6.45, 7) is 0. The lowest BCUT2D eigenvalue weighted by molar-refractivity contribution is -0.480. The van der Waals surface area contributed by atoms with E-state index >= 15 is 0 Å². The van der Waals surface area contributed by atoms with Gasteiger partial charge in [-0.2, -0.15) is 0 Å². The van der Waals surface area contributed by atoms with Crippen molar-refractivity contribution in [3.05, 3.63) is 48.5 Å². The number of fused-ring (bicyclic) bond motifs is 2. The van der Waals surface area contributed by atoms with E-state index in [-0.39, 0.29) is 46.6 Å². The normalized spacial score (nSPS) is 16.8. The Hall–Kier alpha value is -2.82. The summed E-state index contributed by atoms with van der Waals surface area (Å²) in [7, 11) is 0. The third-order valence-electron chi connectivity index (χ3n) is 3.97. The minimum atomic E-state index is -0.274. The van der Waals surface area contributed by atoms with E-state index in [2.05, 4.69) is 16.0 Å². The van der Waals surface area contributed by atoms with Crippen LogP contribution in [0.3, 0.4) is 0 Å². The predicted octanol–water partition coefficient (Wildman–Crippen LogP) is 1.40.